The summed E-state index contributed by atoms with van der Waals surface area (Å²) in [5, 5.41) is 8.69. The minimum Gasteiger partial charge on any atom is -0.481 e. The van der Waals surface area contributed by atoms with Gasteiger partial charge in [-0.05, 0) is 27.6 Å². The average Bonchev–Trinajstić information content (AvgIpc) is 2.49. The van der Waals surface area contributed by atoms with Gasteiger partial charge in [-0.2, -0.15) is 0 Å². The van der Waals surface area contributed by atoms with Gasteiger partial charge >= 0.3 is 5.97 Å². The maximum absolute atomic E-state index is 10.6. The molecule has 2 rings (SSSR count). The van der Waals surface area contributed by atoms with E-state index in [1.165, 1.54) is 0 Å². The standard InChI is InChI=1S/C9H7BrN2O2/c10-9-11-5-7-6(4-8(13)14)2-1-3-12(7)9/h1-3,5H,4H2,(H,13,14). The lowest BCUT2D eigenvalue weighted by Crippen LogP contribution is -2.01. The molecule has 2 aromatic rings. The number of carboxylic acid groups (broad SMARTS) is 1. The molecular weight excluding hydrogens is 248 g/mol. The number of halogens is 1. The molecule has 0 bridgehead atoms. The molecule has 0 aliphatic rings. The van der Waals surface area contributed by atoms with Gasteiger partial charge in [0.2, 0.25) is 0 Å². The summed E-state index contributed by atoms with van der Waals surface area (Å²) in [4.78, 5) is 14.6. The highest BCUT2D eigenvalue weighted by atomic mass is 79.9. The first-order valence-corrected chi connectivity index (χ1v) is 4.80. The topological polar surface area (TPSA) is 54.6 Å². The zero-order valence-electron chi connectivity index (χ0n) is 7.14. The van der Waals surface area contributed by atoms with E-state index in [1.807, 2.05) is 6.20 Å². The number of imidazole rings is 1. The van der Waals surface area contributed by atoms with Gasteiger partial charge in [-0.1, -0.05) is 6.07 Å². The van der Waals surface area contributed by atoms with Crippen LogP contribution in [0.4, 0.5) is 0 Å². The Bertz CT molecular complexity index is 493. The SMILES string of the molecule is O=C(O)Cc1cccn2c(Br)ncc12. The second kappa shape index (κ2) is 3.42. The van der Waals surface area contributed by atoms with E-state index in [2.05, 4.69) is 20.9 Å². The van der Waals surface area contributed by atoms with Crippen LogP contribution >= 0.6 is 15.9 Å². The molecule has 0 unspecified atom stereocenters. The van der Waals surface area contributed by atoms with Crippen molar-refractivity contribution in [1.82, 2.24) is 9.38 Å². The number of fused-ring (bicyclic) bond motifs is 1. The second-order valence-electron chi connectivity index (χ2n) is 2.89. The van der Waals surface area contributed by atoms with Crippen molar-refractivity contribution < 1.29 is 9.90 Å². The summed E-state index contributed by atoms with van der Waals surface area (Å²) in [6.07, 6.45) is 3.50. The summed E-state index contributed by atoms with van der Waals surface area (Å²) in [5.41, 5.74) is 1.58. The van der Waals surface area contributed by atoms with Gasteiger partial charge < -0.3 is 5.11 Å². The maximum atomic E-state index is 10.6. The Balaban J connectivity index is 2.59. The zero-order valence-corrected chi connectivity index (χ0v) is 8.73. The number of pyridine rings is 1. The maximum Gasteiger partial charge on any atom is 0.307 e. The molecule has 0 aliphatic carbocycles. The lowest BCUT2D eigenvalue weighted by molar-refractivity contribution is -0.136. The molecule has 2 aromatic heterocycles. The number of nitrogens with zero attached hydrogens (tertiary/aromatic N) is 2. The van der Waals surface area contributed by atoms with E-state index < -0.39 is 5.97 Å². The molecule has 4 nitrogen and oxygen atoms in total. The number of carboxylic acids is 1. The number of rotatable bonds is 2. The molecule has 0 fully saturated rings. The van der Waals surface area contributed by atoms with Crippen molar-refractivity contribution >= 4 is 27.4 Å². The van der Waals surface area contributed by atoms with Crippen molar-refractivity contribution in [2.45, 2.75) is 6.42 Å². The molecule has 0 aromatic carbocycles. The number of carbonyl (C=O) groups is 1. The van der Waals surface area contributed by atoms with Gasteiger partial charge in [0, 0.05) is 6.20 Å². The van der Waals surface area contributed by atoms with E-state index >= 15 is 0 Å². The summed E-state index contributed by atoms with van der Waals surface area (Å²) in [7, 11) is 0. The highest BCUT2D eigenvalue weighted by molar-refractivity contribution is 9.10. The summed E-state index contributed by atoms with van der Waals surface area (Å²) in [6.45, 7) is 0. The first-order valence-electron chi connectivity index (χ1n) is 4.01. The molecular formula is C9H7BrN2O2. The predicted molar refractivity (Wildman–Crippen MR) is 54.2 cm³/mol. The molecule has 0 radical (unpaired) electrons. The van der Waals surface area contributed by atoms with E-state index in [4.69, 9.17) is 5.11 Å². The van der Waals surface area contributed by atoms with Crippen LogP contribution in [0.15, 0.2) is 29.3 Å². The summed E-state index contributed by atoms with van der Waals surface area (Å²) < 4.78 is 2.48. The van der Waals surface area contributed by atoms with Crippen molar-refractivity contribution in [3.05, 3.63) is 34.8 Å². The quantitative estimate of drug-likeness (QED) is 0.888. The van der Waals surface area contributed by atoms with E-state index in [0.29, 0.717) is 4.73 Å². The third kappa shape index (κ3) is 1.50. The van der Waals surface area contributed by atoms with Crippen LogP contribution in [0, 0.1) is 0 Å². The van der Waals surface area contributed by atoms with Gasteiger partial charge in [0.1, 0.15) is 0 Å². The van der Waals surface area contributed by atoms with E-state index in [9.17, 15) is 4.79 Å². The minimum atomic E-state index is -0.838. The highest BCUT2D eigenvalue weighted by Gasteiger charge is 2.07. The van der Waals surface area contributed by atoms with E-state index in [-0.39, 0.29) is 6.42 Å². The summed E-state index contributed by atoms with van der Waals surface area (Å²) >= 11 is 3.27. The Morgan fingerprint density at radius 3 is 3.14 bits per heavy atom. The summed E-state index contributed by atoms with van der Waals surface area (Å²) in [5.74, 6) is -0.838. The van der Waals surface area contributed by atoms with E-state index in [0.717, 1.165) is 11.1 Å². The van der Waals surface area contributed by atoms with Crippen molar-refractivity contribution in [1.29, 1.82) is 0 Å². The number of aromatic nitrogens is 2. The molecule has 72 valence electrons. The third-order valence-corrected chi connectivity index (χ3v) is 2.54. The molecule has 14 heavy (non-hydrogen) atoms. The van der Waals surface area contributed by atoms with Crippen molar-refractivity contribution in [2.24, 2.45) is 0 Å². The van der Waals surface area contributed by atoms with Crippen LogP contribution < -0.4 is 0 Å². The Morgan fingerprint density at radius 2 is 2.43 bits per heavy atom. The molecule has 0 spiro atoms. The van der Waals surface area contributed by atoms with Crippen molar-refractivity contribution in [2.75, 3.05) is 0 Å². The number of hydrogen-bond acceptors (Lipinski definition) is 2. The van der Waals surface area contributed by atoms with Crippen LogP contribution in [-0.4, -0.2) is 20.5 Å². The van der Waals surface area contributed by atoms with Crippen LogP contribution in [-0.2, 0) is 11.2 Å². The molecule has 0 atom stereocenters. The van der Waals surface area contributed by atoms with Crippen LogP contribution in [0.1, 0.15) is 5.56 Å². The van der Waals surface area contributed by atoms with Crippen LogP contribution in [0.5, 0.6) is 0 Å². The molecule has 2 heterocycles. The lowest BCUT2D eigenvalue weighted by atomic mass is 10.2. The van der Waals surface area contributed by atoms with E-state index in [1.54, 1.807) is 22.7 Å². The van der Waals surface area contributed by atoms with Crippen LogP contribution in [0.25, 0.3) is 5.52 Å². The molecule has 0 aliphatic heterocycles. The third-order valence-electron chi connectivity index (χ3n) is 1.95. The van der Waals surface area contributed by atoms with Gasteiger partial charge in [0.05, 0.1) is 18.1 Å². The first-order chi connectivity index (χ1) is 6.68. The molecule has 5 heteroatoms. The number of hydrogen-bond donors (Lipinski definition) is 1. The fourth-order valence-electron chi connectivity index (χ4n) is 1.36. The van der Waals surface area contributed by atoms with Gasteiger partial charge in [0.25, 0.3) is 0 Å². The lowest BCUT2D eigenvalue weighted by Gasteiger charge is -2.00. The van der Waals surface area contributed by atoms with Gasteiger partial charge in [0.15, 0.2) is 4.73 Å². The minimum absolute atomic E-state index is 0.0163. The fourth-order valence-corrected chi connectivity index (χ4v) is 1.77. The van der Waals surface area contributed by atoms with Crippen LogP contribution in [0.3, 0.4) is 0 Å². The smallest absolute Gasteiger partial charge is 0.307 e. The predicted octanol–water partition coefficient (Wildman–Crippen LogP) is 1.72. The number of aliphatic carboxylic acids is 1. The van der Waals surface area contributed by atoms with Crippen LogP contribution in [0.2, 0.25) is 0 Å². The zero-order chi connectivity index (χ0) is 10.1. The van der Waals surface area contributed by atoms with Gasteiger partial charge in [-0.25, -0.2) is 4.98 Å². The Morgan fingerprint density at radius 1 is 1.64 bits per heavy atom. The normalized spacial score (nSPS) is 10.6. The average molecular weight is 255 g/mol. The summed E-state index contributed by atoms with van der Waals surface area (Å²) in [6, 6.07) is 3.59. The Hall–Kier alpha value is -1.36. The Labute approximate surface area is 88.3 Å². The van der Waals surface area contributed by atoms with Crippen molar-refractivity contribution in [3.63, 3.8) is 0 Å². The fraction of sp³-hybridized carbons (Fsp3) is 0.111. The molecule has 0 amide bonds. The second-order valence-corrected chi connectivity index (χ2v) is 3.60. The monoisotopic (exact) mass is 254 g/mol. The van der Waals surface area contributed by atoms with Gasteiger partial charge in [-0.15, -0.1) is 0 Å². The largest absolute Gasteiger partial charge is 0.481 e. The molecule has 0 saturated heterocycles. The van der Waals surface area contributed by atoms with Crippen molar-refractivity contribution in [3.8, 4) is 0 Å². The molecule has 1 N–H and O–H groups in total. The van der Waals surface area contributed by atoms with Gasteiger partial charge in [-0.3, -0.25) is 9.20 Å². The highest BCUT2D eigenvalue weighted by Crippen LogP contribution is 2.16. The molecule has 0 saturated carbocycles. The Kier molecular flexibility index (Phi) is 2.25. The first kappa shape index (κ1) is 9.21.